The molecule has 4 rings (SSSR count). The molecule has 3 aromatic rings. The molecular weight excluding hydrogens is 340 g/mol. The van der Waals surface area contributed by atoms with Crippen LogP contribution in [0, 0.1) is 13.8 Å². The van der Waals surface area contributed by atoms with Gasteiger partial charge < -0.3 is 10.2 Å². The summed E-state index contributed by atoms with van der Waals surface area (Å²) in [6.45, 7) is 7.10. The molecule has 0 spiro atoms. The van der Waals surface area contributed by atoms with Crippen LogP contribution in [0.3, 0.4) is 0 Å². The van der Waals surface area contributed by atoms with Crippen molar-refractivity contribution in [2.75, 3.05) is 29.9 Å². The fourth-order valence-corrected chi connectivity index (χ4v) is 3.41. The quantitative estimate of drug-likeness (QED) is 0.750. The van der Waals surface area contributed by atoms with Gasteiger partial charge in [-0.1, -0.05) is 18.2 Å². The Bertz CT molecular complexity index is 1020. The third-order valence-corrected chi connectivity index (χ3v) is 5.14. The Morgan fingerprint density at radius 1 is 1.11 bits per heavy atom. The number of anilines is 2. The average molecular weight is 364 g/mol. The predicted molar refractivity (Wildman–Crippen MR) is 107 cm³/mol. The van der Waals surface area contributed by atoms with Gasteiger partial charge in [0.1, 0.15) is 5.82 Å². The van der Waals surface area contributed by atoms with Crippen molar-refractivity contribution >= 4 is 22.5 Å². The first kappa shape index (κ1) is 17.5. The molecule has 1 aliphatic heterocycles. The largest absolute Gasteiger partial charge is 0.368 e. The van der Waals surface area contributed by atoms with E-state index in [0.717, 1.165) is 41.5 Å². The molecule has 7 nitrogen and oxygen atoms in total. The van der Waals surface area contributed by atoms with Crippen LogP contribution in [0.2, 0.25) is 0 Å². The number of fused-ring (bicyclic) bond motifs is 1. The lowest BCUT2D eigenvalue weighted by atomic mass is 10.2. The first-order valence-corrected chi connectivity index (χ1v) is 9.42. The highest BCUT2D eigenvalue weighted by atomic mass is 16.1. The van der Waals surface area contributed by atoms with E-state index in [4.69, 9.17) is 4.98 Å². The smallest absolute Gasteiger partial charge is 0.274 e. The highest BCUT2D eigenvalue weighted by Gasteiger charge is 2.17. The Labute approximate surface area is 158 Å². The lowest BCUT2D eigenvalue weighted by molar-refractivity contribution is 0.603. The molecule has 7 heteroatoms. The minimum atomic E-state index is -0.0664. The van der Waals surface area contributed by atoms with Crippen LogP contribution in [0.1, 0.15) is 24.1 Å². The highest BCUT2D eigenvalue weighted by Crippen LogP contribution is 2.22. The molecule has 0 bridgehead atoms. The van der Waals surface area contributed by atoms with E-state index in [0.29, 0.717) is 18.5 Å². The molecule has 0 amide bonds. The molecule has 2 aromatic heterocycles. The van der Waals surface area contributed by atoms with Crippen molar-refractivity contribution in [1.82, 2.24) is 19.7 Å². The SMILES string of the molecule is Cc1nc(N2CCCC2)nc(NCCn2ncc3ccccc3c2=O)c1C. The van der Waals surface area contributed by atoms with E-state index in [-0.39, 0.29) is 5.56 Å². The van der Waals surface area contributed by atoms with Gasteiger partial charge in [-0.05, 0) is 32.8 Å². The van der Waals surface area contributed by atoms with Crippen LogP contribution in [0.5, 0.6) is 0 Å². The molecule has 1 fully saturated rings. The molecule has 1 aromatic carbocycles. The van der Waals surface area contributed by atoms with Gasteiger partial charge in [0.05, 0.1) is 18.1 Å². The zero-order valence-electron chi connectivity index (χ0n) is 15.8. The van der Waals surface area contributed by atoms with E-state index < -0.39 is 0 Å². The van der Waals surface area contributed by atoms with Crippen LogP contribution < -0.4 is 15.8 Å². The van der Waals surface area contributed by atoms with Gasteiger partial charge in [-0.2, -0.15) is 10.1 Å². The van der Waals surface area contributed by atoms with Gasteiger partial charge in [0.2, 0.25) is 5.95 Å². The maximum absolute atomic E-state index is 12.6. The lowest BCUT2D eigenvalue weighted by Gasteiger charge is -2.18. The number of hydrogen-bond acceptors (Lipinski definition) is 6. The first-order chi connectivity index (χ1) is 13.1. The summed E-state index contributed by atoms with van der Waals surface area (Å²) in [5.74, 6) is 1.62. The standard InChI is InChI=1S/C20H24N6O/c1-14-15(2)23-20(25-10-5-6-11-25)24-18(14)21-9-12-26-19(27)17-8-4-3-7-16(17)13-22-26/h3-4,7-8,13H,5-6,9-12H2,1-2H3,(H,21,23,24). The Morgan fingerprint density at radius 3 is 2.70 bits per heavy atom. The van der Waals surface area contributed by atoms with Crippen LogP contribution in [-0.4, -0.2) is 39.4 Å². The Kier molecular flexibility index (Phi) is 4.75. The van der Waals surface area contributed by atoms with Crippen molar-refractivity contribution in [2.45, 2.75) is 33.2 Å². The molecule has 3 heterocycles. The minimum Gasteiger partial charge on any atom is -0.368 e. The molecule has 0 atom stereocenters. The normalized spacial score (nSPS) is 14.1. The average Bonchev–Trinajstić information content (AvgIpc) is 3.22. The van der Waals surface area contributed by atoms with Gasteiger partial charge in [0.25, 0.3) is 5.56 Å². The maximum atomic E-state index is 12.6. The Morgan fingerprint density at radius 2 is 1.89 bits per heavy atom. The third-order valence-electron chi connectivity index (χ3n) is 5.14. The van der Waals surface area contributed by atoms with Crippen LogP contribution in [0.4, 0.5) is 11.8 Å². The summed E-state index contributed by atoms with van der Waals surface area (Å²) in [7, 11) is 0. The van der Waals surface area contributed by atoms with E-state index in [2.05, 4.69) is 20.3 Å². The maximum Gasteiger partial charge on any atom is 0.274 e. The second-order valence-corrected chi connectivity index (χ2v) is 6.96. The summed E-state index contributed by atoms with van der Waals surface area (Å²) < 4.78 is 1.50. The van der Waals surface area contributed by atoms with Crippen LogP contribution in [-0.2, 0) is 6.54 Å². The topological polar surface area (TPSA) is 75.9 Å². The van der Waals surface area contributed by atoms with Gasteiger partial charge in [0, 0.05) is 36.3 Å². The highest BCUT2D eigenvalue weighted by molar-refractivity contribution is 5.80. The number of rotatable bonds is 5. The second kappa shape index (κ2) is 7.34. The number of benzene rings is 1. The summed E-state index contributed by atoms with van der Waals surface area (Å²) >= 11 is 0. The van der Waals surface area contributed by atoms with E-state index in [1.165, 1.54) is 17.5 Å². The van der Waals surface area contributed by atoms with Crippen molar-refractivity contribution < 1.29 is 0 Å². The van der Waals surface area contributed by atoms with Crippen LogP contribution >= 0.6 is 0 Å². The number of nitrogens with one attached hydrogen (secondary N) is 1. The van der Waals surface area contributed by atoms with E-state index >= 15 is 0 Å². The molecule has 0 radical (unpaired) electrons. The number of aryl methyl sites for hydroxylation is 1. The molecule has 0 unspecified atom stereocenters. The monoisotopic (exact) mass is 364 g/mol. The van der Waals surface area contributed by atoms with E-state index in [9.17, 15) is 4.79 Å². The summed E-state index contributed by atoms with van der Waals surface area (Å²) in [5.41, 5.74) is 1.95. The predicted octanol–water partition coefficient (Wildman–Crippen LogP) is 2.52. The summed E-state index contributed by atoms with van der Waals surface area (Å²) in [6, 6.07) is 7.52. The minimum absolute atomic E-state index is 0.0664. The van der Waals surface area contributed by atoms with E-state index in [1.54, 1.807) is 6.20 Å². The molecule has 0 aliphatic carbocycles. The second-order valence-electron chi connectivity index (χ2n) is 6.96. The van der Waals surface area contributed by atoms with Gasteiger partial charge in [-0.15, -0.1) is 0 Å². The third kappa shape index (κ3) is 3.49. The molecular formula is C20H24N6O. The first-order valence-electron chi connectivity index (χ1n) is 9.42. The van der Waals surface area contributed by atoms with Gasteiger partial charge in [-0.3, -0.25) is 4.79 Å². The van der Waals surface area contributed by atoms with Crippen molar-refractivity contribution in [3.05, 3.63) is 52.1 Å². The van der Waals surface area contributed by atoms with Gasteiger partial charge in [-0.25, -0.2) is 9.67 Å². The zero-order valence-corrected chi connectivity index (χ0v) is 15.8. The summed E-state index contributed by atoms with van der Waals surface area (Å²) in [4.78, 5) is 24.1. The Balaban J connectivity index is 1.50. The van der Waals surface area contributed by atoms with Crippen molar-refractivity contribution in [3.63, 3.8) is 0 Å². The van der Waals surface area contributed by atoms with Gasteiger partial charge >= 0.3 is 0 Å². The molecule has 1 aliphatic rings. The summed E-state index contributed by atoms with van der Waals surface area (Å²) in [5, 5.41) is 9.20. The lowest BCUT2D eigenvalue weighted by Crippen LogP contribution is -2.27. The molecule has 1 saturated heterocycles. The summed E-state index contributed by atoms with van der Waals surface area (Å²) in [6.07, 6.45) is 4.12. The number of nitrogens with zero attached hydrogens (tertiary/aromatic N) is 5. The van der Waals surface area contributed by atoms with Crippen LogP contribution in [0.15, 0.2) is 35.3 Å². The van der Waals surface area contributed by atoms with Crippen LogP contribution in [0.25, 0.3) is 10.8 Å². The fourth-order valence-electron chi connectivity index (χ4n) is 3.41. The molecule has 1 N–H and O–H groups in total. The zero-order chi connectivity index (χ0) is 18.8. The molecule has 27 heavy (non-hydrogen) atoms. The Hall–Kier alpha value is -2.96. The molecule has 140 valence electrons. The number of hydrogen-bond donors (Lipinski definition) is 1. The fraction of sp³-hybridized carbons (Fsp3) is 0.400. The molecule has 0 saturated carbocycles. The van der Waals surface area contributed by atoms with Gasteiger partial charge in [0.15, 0.2) is 0 Å². The van der Waals surface area contributed by atoms with Crippen molar-refractivity contribution in [3.8, 4) is 0 Å². The number of aromatic nitrogens is 4. The van der Waals surface area contributed by atoms with Crippen molar-refractivity contribution in [2.24, 2.45) is 0 Å². The van der Waals surface area contributed by atoms with Crippen molar-refractivity contribution in [1.29, 1.82) is 0 Å². The van der Waals surface area contributed by atoms with E-state index in [1.807, 2.05) is 38.1 Å².